The molecule has 1 saturated heterocycles. The Hall–Kier alpha value is -0.860. The van der Waals surface area contributed by atoms with Gasteiger partial charge in [0.25, 0.3) is 0 Å². The van der Waals surface area contributed by atoms with Crippen molar-refractivity contribution in [2.24, 2.45) is 4.99 Å². The Labute approximate surface area is 169 Å². The minimum absolute atomic E-state index is 0. The molecule has 142 valence electrons. The lowest BCUT2D eigenvalue weighted by Crippen LogP contribution is -2.43. The van der Waals surface area contributed by atoms with Crippen LogP contribution in [0.5, 0.6) is 0 Å². The van der Waals surface area contributed by atoms with Gasteiger partial charge in [-0.2, -0.15) is 0 Å². The van der Waals surface area contributed by atoms with Gasteiger partial charge in [0.2, 0.25) is 0 Å². The van der Waals surface area contributed by atoms with Crippen molar-refractivity contribution in [3.63, 3.8) is 0 Å². The van der Waals surface area contributed by atoms with Gasteiger partial charge in [-0.05, 0) is 31.5 Å². The number of benzene rings is 1. The molecule has 0 saturated carbocycles. The fourth-order valence-electron chi connectivity index (χ4n) is 2.86. The standard InChI is InChI=1S/C19H32N4O.HI/c1-5-16-7-9-17(10-8-16)14-23(4)19(20-6-2)21-13-18-15-22(3)11-12-24-18;/h7-10,18H,5-6,11-15H2,1-4H3,(H,20,21);1H. The minimum Gasteiger partial charge on any atom is -0.374 e. The Morgan fingerprint density at radius 2 is 1.96 bits per heavy atom. The summed E-state index contributed by atoms with van der Waals surface area (Å²) in [5.74, 6) is 0.939. The summed E-state index contributed by atoms with van der Waals surface area (Å²) in [5, 5.41) is 3.38. The molecule has 1 heterocycles. The average Bonchev–Trinajstić information content (AvgIpc) is 2.59. The molecule has 0 spiro atoms. The predicted molar refractivity (Wildman–Crippen MR) is 116 cm³/mol. The van der Waals surface area contributed by atoms with E-state index in [0.717, 1.165) is 45.2 Å². The molecule has 1 aliphatic heterocycles. The van der Waals surface area contributed by atoms with Crippen molar-refractivity contribution >= 4 is 29.9 Å². The van der Waals surface area contributed by atoms with Crippen molar-refractivity contribution in [2.45, 2.75) is 32.9 Å². The highest BCUT2D eigenvalue weighted by atomic mass is 127. The third-order valence-corrected chi connectivity index (χ3v) is 4.33. The van der Waals surface area contributed by atoms with Gasteiger partial charge in [-0.1, -0.05) is 31.2 Å². The molecule has 1 aromatic carbocycles. The first kappa shape index (κ1) is 22.2. The van der Waals surface area contributed by atoms with Crippen LogP contribution in [0, 0.1) is 0 Å². The van der Waals surface area contributed by atoms with Crippen LogP contribution in [0.4, 0.5) is 0 Å². The van der Waals surface area contributed by atoms with Gasteiger partial charge in [-0.3, -0.25) is 4.99 Å². The van der Waals surface area contributed by atoms with Gasteiger partial charge in [0.15, 0.2) is 5.96 Å². The molecule has 5 nitrogen and oxygen atoms in total. The van der Waals surface area contributed by atoms with Crippen LogP contribution < -0.4 is 5.32 Å². The Morgan fingerprint density at radius 1 is 1.28 bits per heavy atom. The van der Waals surface area contributed by atoms with E-state index in [2.05, 4.69) is 67.3 Å². The zero-order chi connectivity index (χ0) is 17.4. The van der Waals surface area contributed by atoms with Gasteiger partial charge < -0.3 is 19.9 Å². The van der Waals surface area contributed by atoms with Crippen LogP contribution in [0.15, 0.2) is 29.3 Å². The van der Waals surface area contributed by atoms with Crippen LogP contribution in [0.25, 0.3) is 0 Å². The number of halogens is 1. The molecular weight excluding hydrogens is 427 g/mol. The molecular formula is C19H33IN4O. The molecule has 2 rings (SSSR count). The Morgan fingerprint density at radius 3 is 2.56 bits per heavy atom. The monoisotopic (exact) mass is 460 g/mol. The summed E-state index contributed by atoms with van der Waals surface area (Å²) in [5.41, 5.74) is 2.68. The van der Waals surface area contributed by atoms with Crippen LogP contribution in [0.3, 0.4) is 0 Å². The number of ether oxygens (including phenoxy) is 1. The normalized spacial score (nSPS) is 18.6. The first-order valence-corrected chi connectivity index (χ1v) is 8.99. The summed E-state index contributed by atoms with van der Waals surface area (Å²) in [7, 11) is 4.22. The van der Waals surface area contributed by atoms with Crippen LogP contribution in [-0.2, 0) is 17.7 Å². The molecule has 1 atom stereocenters. The van der Waals surface area contributed by atoms with E-state index < -0.39 is 0 Å². The molecule has 6 heteroatoms. The molecule has 1 fully saturated rings. The third-order valence-electron chi connectivity index (χ3n) is 4.33. The zero-order valence-corrected chi connectivity index (χ0v) is 18.3. The van der Waals surface area contributed by atoms with Gasteiger partial charge in [-0.15, -0.1) is 24.0 Å². The number of morpholine rings is 1. The fourth-order valence-corrected chi connectivity index (χ4v) is 2.86. The maximum atomic E-state index is 5.81. The number of guanidine groups is 1. The highest BCUT2D eigenvalue weighted by molar-refractivity contribution is 14.0. The van der Waals surface area contributed by atoms with Crippen molar-refractivity contribution in [1.29, 1.82) is 0 Å². The predicted octanol–water partition coefficient (Wildman–Crippen LogP) is 2.59. The number of likely N-dealkylation sites (N-methyl/N-ethyl adjacent to an activating group) is 1. The number of nitrogens with zero attached hydrogens (tertiary/aromatic N) is 3. The topological polar surface area (TPSA) is 40.1 Å². The Kier molecular flexibility index (Phi) is 10.4. The second-order valence-electron chi connectivity index (χ2n) is 6.48. The number of hydrogen-bond donors (Lipinski definition) is 1. The van der Waals surface area contributed by atoms with Crippen LogP contribution in [0.1, 0.15) is 25.0 Å². The van der Waals surface area contributed by atoms with Crippen molar-refractivity contribution in [1.82, 2.24) is 15.1 Å². The van der Waals surface area contributed by atoms with Gasteiger partial charge in [0, 0.05) is 33.2 Å². The minimum atomic E-state index is 0. The summed E-state index contributed by atoms with van der Waals surface area (Å²) in [4.78, 5) is 9.26. The highest BCUT2D eigenvalue weighted by Gasteiger charge is 2.17. The molecule has 0 amide bonds. The number of aliphatic imine (C=N–C) groups is 1. The van der Waals surface area contributed by atoms with Gasteiger partial charge in [-0.25, -0.2) is 0 Å². The van der Waals surface area contributed by atoms with E-state index in [1.54, 1.807) is 0 Å². The van der Waals surface area contributed by atoms with Crippen molar-refractivity contribution in [3.05, 3.63) is 35.4 Å². The molecule has 1 N–H and O–H groups in total. The summed E-state index contributed by atoms with van der Waals surface area (Å²) in [6, 6.07) is 8.83. The summed E-state index contributed by atoms with van der Waals surface area (Å²) < 4.78 is 5.81. The summed E-state index contributed by atoms with van der Waals surface area (Å²) in [6.07, 6.45) is 1.27. The van der Waals surface area contributed by atoms with E-state index in [-0.39, 0.29) is 30.1 Å². The summed E-state index contributed by atoms with van der Waals surface area (Å²) in [6.45, 7) is 9.45. The molecule has 0 aromatic heterocycles. The Bertz CT molecular complexity index is 521. The van der Waals surface area contributed by atoms with Crippen LogP contribution in [-0.4, -0.2) is 68.7 Å². The third kappa shape index (κ3) is 7.50. The van der Waals surface area contributed by atoms with Gasteiger partial charge >= 0.3 is 0 Å². The summed E-state index contributed by atoms with van der Waals surface area (Å²) >= 11 is 0. The molecule has 0 aliphatic carbocycles. The SMILES string of the molecule is CCNC(=NCC1CN(C)CCO1)N(C)Cc1ccc(CC)cc1.I. The largest absolute Gasteiger partial charge is 0.374 e. The number of hydrogen-bond acceptors (Lipinski definition) is 3. The van der Waals surface area contributed by atoms with Crippen LogP contribution >= 0.6 is 24.0 Å². The van der Waals surface area contributed by atoms with Crippen molar-refractivity contribution in [2.75, 3.05) is 46.9 Å². The number of aryl methyl sites for hydroxylation is 1. The van der Waals surface area contributed by atoms with Crippen molar-refractivity contribution in [3.8, 4) is 0 Å². The van der Waals surface area contributed by atoms with E-state index in [9.17, 15) is 0 Å². The quantitative estimate of drug-likeness (QED) is 0.403. The molecule has 0 radical (unpaired) electrons. The van der Waals surface area contributed by atoms with Crippen molar-refractivity contribution < 1.29 is 4.74 Å². The number of nitrogens with one attached hydrogen (secondary N) is 1. The molecule has 1 unspecified atom stereocenters. The first-order valence-electron chi connectivity index (χ1n) is 8.99. The lowest BCUT2D eigenvalue weighted by atomic mass is 10.1. The van der Waals surface area contributed by atoms with Gasteiger partial charge in [0.1, 0.15) is 0 Å². The van der Waals surface area contributed by atoms with E-state index in [4.69, 9.17) is 9.73 Å². The maximum Gasteiger partial charge on any atom is 0.194 e. The van der Waals surface area contributed by atoms with E-state index in [0.29, 0.717) is 6.54 Å². The van der Waals surface area contributed by atoms with E-state index >= 15 is 0 Å². The van der Waals surface area contributed by atoms with Gasteiger partial charge in [0.05, 0.1) is 19.3 Å². The maximum absolute atomic E-state index is 5.81. The molecule has 1 aliphatic rings. The van der Waals surface area contributed by atoms with E-state index in [1.165, 1.54) is 11.1 Å². The molecule has 25 heavy (non-hydrogen) atoms. The molecule has 0 bridgehead atoms. The van der Waals surface area contributed by atoms with E-state index in [1.807, 2.05) is 0 Å². The first-order chi connectivity index (χ1) is 11.6. The van der Waals surface area contributed by atoms with Crippen LogP contribution in [0.2, 0.25) is 0 Å². The number of rotatable bonds is 6. The zero-order valence-electron chi connectivity index (χ0n) is 16.0. The lowest BCUT2D eigenvalue weighted by molar-refractivity contribution is -0.0137. The smallest absolute Gasteiger partial charge is 0.194 e. The lowest BCUT2D eigenvalue weighted by Gasteiger charge is -2.29. The second-order valence-corrected chi connectivity index (χ2v) is 6.48. The fraction of sp³-hybridized carbons (Fsp3) is 0.632. The molecule has 1 aromatic rings. The second kappa shape index (κ2) is 11.7. The Balaban J connectivity index is 0.00000312. The highest BCUT2D eigenvalue weighted by Crippen LogP contribution is 2.08. The average molecular weight is 460 g/mol.